The van der Waals surface area contributed by atoms with E-state index in [-0.39, 0.29) is 6.03 Å². The number of hydrogen-bond acceptors (Lipinski definition) is 4. The van der Waals surface area contributed by atoms with Crippen molar-refractivity contribution < 1.29 is 9.53 Å². The summed E-state index contributed by atoms with van der Waals surface area (Å²) in [6, 6.07) is 16.8. The van der Waals surface area contributed by atoms with Crippen molar-refractivity contribution in [3.8, 4) is 17.0 Å². The van der Waals surface area contributed by atoms with Crippen LogP contribution in [-0.2, 0) is 6.54 Å². The van der Waals surface area contributed by atoms with E-state index in [1.165, 1.54) is 6.33 Å². The molecule has 0 atom stereocenters. The van der Waals surface area contributed by atoms with Crippen LogP contribution >= 0.6 is 0 Å². The molecule has 0 spiro atoms. The normalized spacial score (nSPS) is 10.6. The Labute approximate surface area is 161 Å². The number of methoxy groups -OCH3 is 1. The summed E-state index contributed by atoms with van der Waals surface area (Å²) in [5.74, 6) is 0.761. The number of rotatable bonds is 5. The van der Waals surface area contributed by atoms with E-state index in [4.69, 9.17) is 4.74 Å². The number of urea groups is 1. The third-order valence-corrected chi connectivity index (χ3v) is 4.36. The second kappa shape index (κ2) is 7.79. The van der Waals surface area contributed by atoms with Gasteiger partial charge in [0.25, 0.3) is 0 Å². The zero-order chi connectivity index (χ0) is 19.3. The van der Waals surface area contributed by atoms with Gasteiger partial charge in [-0.15, -0.1) is 0 Å². The summed E-state index contributed by atoms with van der Waals surface area (Å²) >= 11 is 0. The topological polar surface area (TPSA) is 91.9 Å². The molecule has 0 aliphatic heterocycles. The number of anilines is 1. The van der Waals surface area contributed by atoms with Gasteiger partial charge in [-0.3, -0.25) is 0 Å². The number of nitrogens with one attached hydrogen (secondary N) is 3. The molecule has 0 saturated carbocycles. The highest BCUT2D eigenvalue weighted by Gasteiger charge is 2.08. The fourth-order valence-electron chi connectivity index (χ4n) is 2.95. The van der Waals surface area contributed by atoms with Crippen molar-refractivity contribution in [1.29, 1.82) is 0 Å². The Kier molecular flexibility index (Phi) is 4.88. The molecule has 0 aliphatic rings. The Hall–Kier alpha value is -3.87. The molecule has 0 fully saturated rings. The SMILES string of the molecule is COc1cccc(CNC(=O)Nc2ccc(-c3ncnc4[nH]ccc34)cc2)c1. The highest BCUT2D eigenvalue weighted by Crippen LogP contribution is 2.25. The van der Waals surface area contributed by atoms with Gasteiger partial charge in [-0.2, -0.15) is 0 Å². The number of ether oxygens (including phenoxy) is 1. The molecule has 140 valence electrons. The molecule has 0 radical (unpaired) electrons. The lowest BCUT2D eigenvalue weighted by Crippen LogP contribution is -2.28. The standard InChI is InChI=1S/C21H19N5O2/c1-28-17-4-2-3-14(11-17)12-23-21(27)26-16-7-5-15(6-8-16)19-18-9-10-22-20(18)25-13-24-19/h2-11,13H,12H2,1H3,(H,22,24,25)(H2,23,26,27). The van der Waals surface area contributed by atoms with Gasteiger partial charge in [0, 0.05) is 29.4 Å². The van der Waals surface area contributed by atoms with Gasteiger partial charge in [0.1, 0.15) is 17.7 Å². The quantitative estimate of drug-likeness (QED) is 0.494. The summed E-state index contributed by atoms with van der Waals surface area (Å²) in [7, 11) is 1.62. The molecule has 2 aromatic heterocycles. The number of nitrogens with zero attached hydrogens (tertiary/aromatic N) is 2. The van der Waals surface area contributed by atoms with Crippen molar-refractivity contribution in [2.24, 2.45) is 0 Å². The largest absolute Gasteiger partial charge is 0.497 e. The Morgan fingerprint density at radius 3 is 2.79 bits per heavy atom. The molecule has 7 heteroatoms. The van der Waals surface area contributed by atoms with Gasteiger partial charge in [-0.05, 0) is 35.9 Å². The molecule has 7 nitrogen and oxygen atoms in total. The molecule has 2 aromatic carbocycles. The third kappa shape index (κ3) is 3.78. The number of carbonyl (C=O) groups is 1. The maximum Gasteiger partial charge on any atom is 0.319 e. The minimum Gasteiger partial charge on any atom is -0.497 e. The van der Waals surface area contributed by atoms with Gasteiger partial charge in [-0.1, -0.05) is 24.3 Å². The average Bonchev–Trinajstić information content (AvgIpc) is 3.22. The highest BCUT2D eigenvalue weighted by molar-refractivity contribution is 5.92. The number of amides is 2. The first-order valence-electron chi connectivity index (χ1n) is 8.79. The van der Waals surface area contributed by atoms with Crippen LogP contribution in [0.1, 0.15) is 5.56 Å². The van der Waals surface area contributed by atoms with E-state index in [0.717, 1.165) is 33.6 Å². The molecule has 3 N–H and O–H groups in total. The zero-order valence-corrected chi connectivity index (χ0v) is 15.3. The molecule has 4 rings (SSSR count). The molecule has 4 aromatic rings. The van der Waals surface area contributed by atoms with Crippen molar-refractivity contribution in [2.45, 2.75) is 6.54 Å². The maximum absolute atomic E-state index is 12.2. The van der Waals surface area contributed by atoms with Crippen molar-refractivity contribution in [2.75, 3.05) is 12.4 Å². The molecule has 2 heterocycles. The highest BCUT2D eigenvalue weighted by atomic mass is 16.5. The van der Waals surface area contributed by atoms with Gasteiger partial charge in [0.15, 0.2) is 0 Å². The second-order valence-corrected chi connectivity index (χ2v) is 6.20. The number of carbonyl (C=O) groups excluding carboxylic acids is 1. The number of benzene rings is 2. The first-order chi connectivity index (χ1) is 13.7. The van der Waals surface area contributed by atoms with Gasteiger partial charge in [0.2, 0.25) is 0 Å². The van der Waals surface area contributed by atoms with E-state index >= 15 is 0 Å². The second-order valence-electron chi connectivity index (χ2n) is 6.20. The van der Waals surface area contributed by atoms with Crippen LogP contribution in [-0.4, -0.2) is 28.1 Å². The van der Waals surface area contributed by atoms with E-state index in [1.807, 2.05) is 60.8 Å². The number of fused-ring (bicyclic) bond motifs is 1. The van der Waals surface area contributed by atoms with Crippen LogP contribution in [0.15, 0.2) is 67.1 Å². The smallest absolute Gasteiger partial charge is 0.319 e. The van der Waals surface area contributed by atoms with E-state index in [0.29, 0.717) is 12.2 Å². The van der Waals surface area contributed by atoms with Crippen molar-refractivity contribution >= 4 is 22.8 Å². The van der Waals surface area contributed by atoms with Crippen LogP contribution in [0, 0.1) is 0 Å². The van der Waals surface area contributed by atoms with Gasteiger partial charge >= 0.3 is 6.03 Å². The summed E-state index contributed by atoms with van der Waals surface area (Å²) in [5.41, 5.74) is 4.26. The number of hydrogen-bond donors (Lipinski definition) is 3. The summed E-state index contributed by atoms with van der Waals surface area (Å²) in [6.45, 7) is 0.410. The first kappa shape index (κ1) is 17.5. The summed E-state index contributed by atoms with van der Waals surface area (Å²) in [5, 5.41) is 6.62. The summed E-state index contributed by atoms with van der Waals surface area (Å²) in [6.07, 6.45) is 3.37. The maximum atomic E-state index is 12.2. The van der Waals surface area contributed by atoms with Gasteiger partial charge in [0.05, 0.1) is 12.8 Å². The fraction of sp³-hybridized carbons (Fsp3) is 0.0952. The van der Waals surface area contributed by atoms with Crippen LogP contribution in [0.2, 0.25) is 0 Å². The van der Waals surface area contributed by atoms with Crippen molar-refractivity contribution in [3.05, 3.63) is 72.7 Å². The number of H-pyrrole nitrogens is 1. The molecule has 0 bridgehead atoms. The van der Waals surface area contributed by atoms with E-state index < -0.39 is 0 Å². The van der Waals surface area contributed by atoms with Gasteiger partial charge < -0.3 is 20.4 Å². The van der Waals surface area contributed by atoms with Crippen LogP contribution in [0.5, 0.6) is 5.75 Å². The minimum absolute atomic E-state index is 0.273. The third-order valence-electron chi connectivity index (χ3n) is 4.36. The number of aromatic amines is 1. The first-order valence-corrected chi connectivity index (χ1v) is 8.79. The molecular weight excluding hydrogens is 354 g/mol. The molecule has 0 unspecified atom stereocenters. The number of aromatic nitrogens is 3. The lowest BCUT2D eigenvalue weighted by Gasteiger charge is -2.09. The fourth-order valence-corrected chi connectivity index (χ4v) is 2.95. The Balaban J connectivity index is 1.40. The monoisotopic (exact) mass is 373 g/mol. The Bertz CT molecular complexity index is 1110. The Morgan fingerprint density at radius 1 is 1.11 bits per heavy atom. The van der Waals surface area contributed by atoms with E-state index in [9.17, 15) is 4.79 Å². The predicted molar refractivity (Wildman–Crippen MR) is 108 cm³/mol. The molecule has 0 aliphatic carbocycles. The average molecular weight is 373 g/mol. The lowest BCUT2D eigenvalue weighted by molar-refractivity contribution is 0.251. The zero-order valence-electron chi connectivity index (χ0n) is 15.3. The van der Waals surface area contributed by atoms with E-state index in [1.54, 1.807) is 7.11 Å². The summed E-state index contributed by atoms with van der Waals surface area (Å²) in [4.78, 5) is 23.8. The molecule has 28 heavy (non-hydrogen) atoms. The van der Waals surface area contributed by atoms with Gasteiger partial charge in [-0.25, -0.2) is 14.8 Å². The van der Waals surface area contributed by atoms with Crippen LogP contribution in [0.25, 0.3) is 22.3 Å². The van der Waals surface area contributed by atoms with Crippen molar-refractivity contribution in [3.63, 3.8) is 0 Å². The predicted octanol–water partition coefficient (Wildman–Crippen LogP) is 3.96. The molecule has 2 amide bonds. The molecule has 0 saturated heterocycles. The lowest BCUT2D eigenvalue weighted by atomic mass is 10.1. The van der Waals surface area contributed by atoms with E-state index in [2.05, 4.69) is 25.6 Å². The van der Waals surface area contributed by atoms with Crippen molar-refractivity contribution in [1.82, 2.24) is 20.3 Å². The van der Waals surface area contributed by atoms with Crippen LogP contribution in [0.3, 0.4) is 0 Å². The van der Waals surface area contributed by atoms with Crippen LogP contribution < -0.4 is 15.4 Å². The minimum atomic E-state index is -0.273. The molecular formula is C21H19N5O2. The summed E-state index contributed by atoms with van der Waals surface area (Å²) < 4.78 is 5.19. The van der Waals surface area contributed by atoms with Crippen LogP contribution in [0.4, 0.5) is 10.5 Å². The Morgan fingerprint density at radius 2 is 1.96 bits per heavy atom.